The normalized spacial score (nSPS) is 15.1. The summed E-state index contributed by atoms with van der Waals surface area (Å²) in [4.78, 5) is 4.30. The maximum atomic E-state index is 13.7. The number of aryl methyl sites for hydroxylation is 1. The lowest BCUT2D eigenvalue weighted by molar-refractivity contribution is -0.922. The molecule has 0 atom stereocenters. The highest BCUT2D eigenvalue weighted by molar-refractivity contribution is 7.91. The number of rotatable bonds is 11. The highest BCUT2D eigenvalue weighted by atomic mass is 32.2. The summed E-state index contributed by atoms with van der Waals surface area (Å²) < 4.78 is 30.1. The van der Waals surface area contributed by atoms with E-state index in [4.69, 9.17) is 5.26 Å². The Morgan fingerprint density at radius 3 is 2.10 bits per heavy atom. The van der Waals surface area contributed by atoms with E-state index < -0.39 is 9.84 Å². The van der Waals surface area contributed by atoms with Crippen LogP contribution < -0.4 is 0 Å². The summed E-state index contributed by atoms with van der Waals surface area (Å²) in [5.41, 5.74) is 5.05. The number of aromatic nitrogens is 2. The Labute approximate surface area is 238 Å². The van der Waals surface area contributed by atoms with Gasteiger partial charge in [0.25, 0.3) is 0 Å². The number of hydrogen-bond acceptors (Lipinski definition) is 4. The number of hydrogen-bond donors (Lipinski definition) is 0. The Hall–Kier alpha value is -3.73. The van der Waals surface area contributed by atoms with Crippen molar-refractivity contribution in [3.63, 3.8) is 0 Å². The summed E-state index contributed by atoms with van der Waals surface area (Å²) in [7, 11) is -3.33. The molecule has 4 aromatic rings. The molecule has 0 radical (unpaired) electrons. The lowest BCUT2D eigenvalue weighted by Gasteiger charge is -2.43. The third kappa shape index (κ3) is 7.07. The summed E-state index contributed by atoms with van der Waals surface area (Å²) in [6.07, 6.45) is 7.23. The first-order chi connectivity index (χ1) is 19.5. The quantitative estimate of drug-likeness (QED) is 0.228. The molecule has 2 heterocycles. The first-order valence-corrected chi connectivity index (χ1v) is 15.9. The fraction of sp³-hybridized carbons (Fsp3) is 0.333. The van der Waals surface area contributed by atoms with Gasteiger partial charge in [-0.2, -0.15) is 5.26 Å². The molecule has 0 unspecified atom stereocenters. The van der Waals surface area contributed by atoms with Crippen LogP contribution in [-0.4, -0.2) is 53.7 Å². The summed E-state index contributed by atoms with van der Waals surface area (Å²) in [6.45, 7) is 3.17. The zero-order valence-corrected chi connectivity index (χ0v) is 23.7. The van der Waals surface area contributed by atoms with E-state index in [1.165, 1.54) is 11.1 Å². The van der Waals surface area contributed by atoms with E-state index in [0.29, 0.717) is 23.0 Å². The summed E-state index contributed by atoms with van der Waals surface area (Å²) in [5, 5.41) is 9.05. The van der Waals surface area contributed by atoms with Gasteiger partial charge < -0.3 is 9.05 Å². The SMILES string of the molecule is N#Cc1ccc(Cn2cncc2CCS(=O)(=O)C[N+]2(CC(c3ccccc3)c3ccccc3)CCCCC2)cc1. The molecular weight excluding hydrogens is 516 g/mol. The fourth-order valence-corrected chi connectivity index (χ4v) is 7.88. The van der Waals surface area contributed by atoms with Crippen LogP contribution in [0.15, 0.2) is 97.5 Å². The Balaban J connectivity index is 1.32. The third-order valence-corrected chi connectivity index (χ3v) is 9.88. The monoisotopic (exact) mass is 553 g/mol. The molecule has 0 spiro atoms. The van der Waals surface area contributed by atoms with Gasteiger partial charge in [0.1, 0.15) is 0 Å². The summed E-state index contributed by atoms with van der Waals surface area (Å²) in [6, 6.07) is 30.6. The van der Waals surface area contributed by atoms with E-state index in [1.807, 2.05) is 28.8 Å². The van der Waals surface area contributed by atoms with E-state index in [9.17, 15) is 8.42 Å². The second kappa shape index (κ2) is 12.6. The standard InChI is InChI=1S/C33H37N4O2S/c34-22-28-14-16-29(17-15-28)24-36-26-35-23-32(36)18-21-40(38,39)27-37(19-8-3-9-20-37)25-33(30-10-4-1-5-11-30)31-12-6-2-7-13-31/h1-2,4-7,10-17,23,26,33H,3,8-9,18-21,24-25,27H2/q+1. The minimum Gasteiger partial charge on any atom is -0.330 e. The molecule has 1 saturated heterocycles. The zero-order chi connectivity index (χ0) is 27.8. The van der Waals surface area contributed by atoms with Crippen molar-refractivity contribution in [3.8, 4) is 6.07 Å². The number of nitrogens with zero attached hydrogens (tertiary/aromatic N) is 4. The number of benzene rings is 3. The molecule has 6 nitrogen and oxygen atoms in total. The van der Waals surface area contributed by atoms with Crippen LogP contribution in [0.25, 0.3) is 0 Å². The smallest absolute Gasteiger partial charge is 0.200 e. The Morgan fingerprint density at radius 1 is 0.875 bits per heavy atom. The number of sulfone groups is 1. The molecule has 0 amide bonds. The molecule has 7 heteroatoms. The molecule has 5 rings (SSSR count). The Kier molecular flexibility index (Phi) is 8.78. The number of piperidine rings is 1. The van der Waals surface area contributed by atoms with Gasteiger partial charge in [-0.1, -0.05) is 72.8 Å². The molecule has 1 aliphatic heterocycles. The van der Waals surface area contributed by atoms with Crippen molar-refractivity contribution in [2.75, 3.05) is 31.3 Å². The number of quaternary nitrogens is 1. The van der Waals surface area contributed by atoms with Crippen LogP contribution in [0.4, 0.5) is 0 Å². The Bertz CT molecular complexity index is 1480. The van der Waals surface area contributed by atoms with E-state index in [0.717, 1.165) is 50.2 Å². The number of imidazole rings is 1. The second-order valence-electron chi connectivity index (χ2n) is 11.1. The lowest BCUT2D eigenvalue weighted by Crippen LogP contribution is -2.56. The van der Waals surface area contributed by atoms with Gasteiger partial charge in [-0.05, 0) is 48.1 Å². The highest BCUT2D eigenvalue weighted by Gasteiger charge is 2.38. The van der Waals surface area contributed by atoms with Crippen LogP contribution >= 0.6 is 0 Å². The zero-order valence-electron chi connectivity index (χ0n) is 22.9. The van der Waals surface area contributed by atoms with E-state index in [-0.39, 0.29) is 17.5 Å². The predicted molar refractivity (Wildman–Crippen MR) is 158 cm³/mol. The van der Waals surface area contributed by atoms with Crippen LogP contribution in [0, 0.1) is 11.3 Å². The van der Waals surface area contributed by atoms with Gasteiger partial charge in [0.05, 0.1) is 49.3 Å². The molecular formula is C33H37N4O2S+. The first kappa shape index (κ1) is 27.8. The van der Waals surface area contributed by atoms with Crippen molar-refractivity contribution < 1.29 is 12.9 Å². The van der Waals surface area contributed by atoms with Gasteiger partial charge in [-0.15, -0.1) is 0 Å². The lowest BCUT2D eigenvalue weighted by atomic mass is 9.89. The van der Waals surface area contributed by atoms with Crippen LogP contribution in [0.2, 0.25) is 0 Å². The maximum Gasteiger partial charge on any atom is 0.200 e. The van der Waals surface area contributed by atoms with Gasteiger partial charge in [-0.25, -0.2) is 13.4 Å². The molecule has 1 aromatic heterocycles. The predicted octanol–water partition coefficient (Wildman–Crippen LogP) is 5.55. The first-order valence-electron chi connectivity index (χ1n) is 14.1. The molecule has 1 aliphatic rings. The molecule has 1 fully saturated rings. The average Bonchev–Trinajstić information content (AvgIpc) is 3.43. The molecule has 40 heavy (non-hydrogen) atoms. The minimum atomic E-state index is -3.33. The van der Waals surface area contributed by atoms with Crippen molar-refractivity contribution in [2.24, 2.45) is 0 Å². The molecule has 206 valence electrons. The minimum absolute atomic E-state index is 0.105. The van der Waals surface area contributed by atoms with Gasteiger partial charge in [-0.3, -0.25) is 0 Å². The fourth-order valence-electron chi connectivity index (χ4n) is 6.03. The number of likely N-dealkylation sites (tertiary alicyclic amines) is 1. The van der Waals surface area contributed by atoms with E-state index >= 15 is 0 Å². The van der Waals surface area contributed by atoms with Crippen molar-refractivity contribution in [1.29, 1.82) is 5.26 Å². The molecule has 0 saturated carbocycles. The third-order valence-electron chi connectivity index (χ3n) is 8.11. The van der Waals surface area contributed by atoms with Crippen molar-refractivity contribution in [2.45, 2.75) is 38.1 Å². The highest BCUT2D eigenvalue weighted by Crippen LogP contribution is 2.32. The van der Waals surface area contributed by atoms with E-state index in [1.54, 1.807) is 24.7 Å². The van der Waals surface area contributed by atoms with Gasteiger partial charge in [0, 0.05) is 24.9 Å². The Morgan fingerprint density at radius 2 is 1.50 bits per heavy atom. The van der Waals surface area contributed by atoms with Gasteiger partial charge in [0.15, 0.2) is 5.88 Å². The van der Waals surface area contributed by atoms with Crippen LogP contribution in [0.1, 0.15) is 53.1 Å². The molecule has 3 aromatic carbocycles. The van der Waals surface area contributed by atoms with Gasteiger partial charge in [0.2, 0.25) is 9.84 Å². The summed E-state index contributed by atoms with van der Waals surface area (Å²) >= 11 is 0. The maximum absolute atomic E-state index is 13.7. The number of nitriles is 1. The van der Waals surface area contributed by atoms with Gasteiger partial charge >= 0.3 is 0 Å². The largest absolute Gasteiger partial charge is 0.330 e. The molecule has 0 aliphatic carbocycles. The van der Waals surface area contributed by atoms with Crippen LogP contribution in [0.5, 0.6) is 0 Å². The molecule has 0 N–H and O–H groups in total. The molecule has 0 bridgehead atoms. The van der Waals surface area contributed by atoms with Crippen molar-refractivity contribution in [1.82, 2.24) is 9.55 Å². The summed E-state index contributed by atoms with van der Waals surface area (Å²) in [5.74, 6) is 0.421. The van der Waals surface area contributed by atoms with Crippen molar-refractivity contribution in [3.05, 3.63) is 125 Å². The average molecular weight is 554 g/mol. The topological polar surface area (TPSA) is 75.8 Å². The second-order valence-corrected chi connectivity index (χ2v) is 13.2. The van der Waals surface area contributed by atoms with Crippen LogP contribution in [-0.2, 0) is 22.8 Å². The van der Waals surface area contributed by atoms with Crippen LogP contribution in [0.3, 0.4) is 0 Å². The van der Waals surface area contributed by atoms with E-state index in [2.05, 4.69) is 59.6 Å². The van der Waals surface area contributed by atoms with Crippen molar-refractivity contribution >= 4 is 9.84 Å².